The lowest BCUT2D eigenvalue weighted by molar-refractivity contribution is 0.128. The smallest absolute Gasteiger partial charge is 0.193 e. The molecule has 1 aromatic rings. The van der Waals surface area contributed by atoms with E-state index in [4.69, 9.17) is 15.8 Å². The van der Waals surface area contributed by atoms with Gasteiger partial charge in [0, 0.05) is 6.42 Å². The molecule has 5 nitrogen and oxygen atoms in total. The van der Waals surface area contributed by atoms with Crippen LogP contribution in [-0.4, -0.2) is 22.9 Å². The van der Waals surface area contributed by atoms with E-state index in [-0.39, 0.29) is 11.7 Å². The van der Waals surface area contributed by atoms with Crippen molar-refractivity contribution < 1.29 is 14.4 Å². The SMILES string of the molecule is NC(=NO)C1CC(c2ccc(F)cc2)=NO1. The van der Waals surface area contributed by atoms with Crippen LogP contribution in [0.4, 0.5) is 4.39 Å². The van der Waals surface area contributed by atoms with Gasteiger partial charge in [-0.3, -0.25) is 0 Å². The van der Waals surface area contributed by atoms with Crippen LogP contribution in [0.5, 0.6) is 0 Å². The van der Waals surface area contributed by atoms with Gasteiger partial charge in [0.2, 0.25) is 0 Å². The maximum Gasteiger partial charge on any atom is 0.193 e. The highest BCUT2D eigenvalue weighted by Gasteiger charge is 2.25. The van der Waals surface area contributed by atoms with E-state index in [1.807, 2.05) is 0 Å². The standard InChI is InChI=1S/C10H10FN3O2/c11-7-3-1-6(2-4-7)8-5-9(16-14-8)10(12)13-15/h1-4,9,15H,5H2,(H2,12,13). The van der Waals surface area contributed by atoms with Gasteiger partial charge in [0.1, 0.15) is 5.82 Å². The van der Waals surface area contributed by atoms with Gasteiger partial charge < -0.3 is 15.8 Å². The highest BCUT2D eigenvalue weighted by molar-refractivity contribution is 6.04. The van der Waals surface area contributed by atoms with E-state index in [1.54, 1.807) is 12.1 Å². The fourth-order valence-corrected chi connectivity index (χ4v) is 1.41. The van der Waals surface area contributed by atoms with Gasteiger partial charge in [0.25, 0.3) is 0 Å². The number of benzene rings is 1. The van der Waals surface area contributed by atoms with Crippen LogP contribution in [0.1, 0.15) is 12.0 Å². The Morgan fingerprint density at radius 3 is 2.81 bits per heavy atom. The van der Waals surface area contributed by atoms with Crippen molar-refractivity contribution in [2.45, 2.75) is 12.5 Å². The molecule has 0 aromatic heterocycles. The highest BCUT2D eigenvalue weighted by Crippen LogP contribution is 2.17. The van der Waals surface area contributed by atoms with Gasteiger partial charge in [-0.05, 0) is 17.7 Å². The molecule has 0 fully saturated rings. The molecule has 0 bridgehead atoms. The molecule has 0 amide bonds. The van der Waals surface area contributed by atoms with E-state index in [1.165, 1.54) is 12.1 Å². The topological polar surface area (TPSA) is 80.2 Å². The summed E-state index contributed by atoms with van der Waals surface area (Å²) in [5.74, 6) is -0.336. The molecule has 16 heavy (non-hydrogen) atoms. The Hall–Kier alpha value is -2.11. The predicted octanol–water partition coefficient (Wildman–Crippen LogP) is 1.07. The van der Waals surface area contributed by atoms with Crippen molar-refractivity contribution >= 4 is 11.5 Å². The minimum Gasteiger partial charge on any atom is -0.409 e. The van der Waals surface area contributed by atoms with Gasteiger partial charge in [-0.2, -0.15) is 0 Å². The molecule has 1 aliphatic heterocycles. The Balaban J connectivity index is 2.11. The van der Waals surface area contributed by atoms with E-state index in [9.17, 15) is 4.39 Å². The summed E-state index contributed by atoms with van der Waals surface area (Å²) in [6.45, 7) is 0. The molecule has 1 aliphatic rings. The van der Waals surface area contributed by atoms with Gasteiger partial charge >= 0.3 is 0 Å². The van der Waals surface area contributed by atoms with Crippen LogP contribution < -0.4 is 5.73 Å². The molecule has 0 saturated carbocycles. The van der Waals surface area contributed by atoms with E-state index < -0.39 is 6.10 Å². The van der Waals surface area contributed by atoms with Crippen LogP contribution in [0, 0.1) is 5.82 Å². The van der Waals surface area contributed by atoms with Crippen LogP contribution in [-0.2, 0) is 4.84 Å². The second-order valence-corrected chi connectivity index (χ2v) is 3.37. The Labute approximate surface area is 91.0 Å². The molecular formula is C10H10FN3O2. The van der Waals surface area contributed by atoms with Gasteiger partial charge in [-0.25, -0.2) is 4.39 Å². The largest absolute Gasteiger partial charge is 0.409 e. The second-order valence-electron chi connectivity index (χ2n) is 3.37. The number of rotatable bonds is 2. The predicted molar refractivity (Wildman–Crippen MR) is 55.8 cm³/mol. The first-order valence-electron chi connectivity index (χ1n) is 4.66. The summed E-state index contributed by atoms with van der Waals surface area (Å²) in [6.07, 6.45) is -0.147. The third kappa shape index (κ3) is 1.95. The van der Waals surface area contributed by atoms with Gasteiger partial charge in [-0.1, -0.05) is 22.4 Å². The first-order valence-corrected chi connectivity index (χ1v) is 4.66. The maximum absolute atomic E-state index is 12.7. The zero-order valence-corrected chi connectivity index (χ0v) is 8.30. The van der Waals surface area contributed by atoms with Crippen LogP contribution in [0.2, 0.25) is 0 Å². The lowest BCUT2D eigenvalue weighted by Gasteiger charge is -2.04. The van der Waals surface area contributed by atoms with E-state index in [0.29, 0.717) is 12.1 Å². The fourth-order valence-electron chi connectivity index (χ4n) is 1.41. The summed E-state index contributed by atoms with van der Waals surface area (Å²) >= 11 is 0. The first kappa shape index (κ1) is 10.4. The Morgan fingerprint density at radius 1 is 1.50 bits per heavy atom. The van der Waals surface area contributed by atoms with Crippen LogP contribution >= 0.6 is 0 Å². The second kappa shape index (κ2) is 4.18. The third-order valence-corrected chi connectivity index (χ3v) is 2.29. The summed E-state index contributed by atoms with van der Waals surface area (Å²) in [4.78, 5) is 4.98. The molecule has 1 heterocycles. The van der Waals surface area contributed by atoms with Crippen LogP contribution in [0.15, 0.2) is 34.6 Å². The van der Waals surface area contributed by atoms with Crippen LogP contribution in [0.3, 0.4) is 0 Å². The lowest BCUT2D eigenvalue weighted by Crippen LogP contribution is -2.29. The zero-order chi connectivity index (χ0) is 11.5. The van der Waals surface area contributed by atoms with E-state index in [0.717, 1.165) is 5.56 Å². The van der Waals surface area contributed by atoms with E-state index >= 15 is 0 Å². The number of nitrogens with zero attached hydrogens (tertiary/aromatic N) is 2. The van der Waals surface area contributed by atoms with Crippen molar-refractivity contribution in [2.75, 3.05) is 0 Å². The molecule has 1 unspecified atom stereocenters. The molecule has 84 valence electrons. The average Bonchev–Trinajstić information content (AvgIpc) is 2.78. The van der Waals surface area contributed by atoms with Crippen molar-refractivity contribution in [1.29, 1.82) is 0 Å². The number of hydrogen-bond acceptors (Lipinski definition) is 4. The maximum atomic E-state index is 12.7. The van der Waals surface area contributed by atoms with Crippen molar-refractivity contribution in [1.82, 2.24) is 0 Å². The van der Waals surface area contributed by atoms with Gasteiger partial charge in [0.05, 0.1) is 5.71 Å². The molecule has 0 spiro atoms. The third-order valence-electron chi connectivity index (χ3n) is 2.29. The molecule has 3 N–H and O–H groups in total. The number of amidine groups is 1. The summed E-state index contributed by atoms with van der Waals surface area (Å²) in [7, 11) is 0. The summed E-state index contributed by atoms with van der Waals surface area (Å²) in [6, 6.07) is 5.89. The number of oxime groups is 2. The van der Waals surface area contributed by atoms with Gasteiger partial charge in [-0.15, -0.1) is 0 Å². The van der Waals surface area contributed by atoms with Crippen molar-refractivity contribution in [3.8, 4) is 0 Å². The molecule has 1 aromatic carbocycles. The highest BCUT2D eigenvalue weighted by atomic mass is 19.1. The lowest BCUT2D eigenvalue weighted by atomic mass is 10.0. The van der Waals surface area contributed by atoms with Crippen molar-refractivity contribution in [3.05, 3.63) is 35.6 Å². The average molecular weight is 223 g/mol. The van der Waals surface area contributed by atoms with E-state index in [2.05, 4.69) is 10.3 Å². The Bertz CT molecular complexity index is 442. The molecule has 6 heteroatoms. The minimum absolute atomic E-state index is 0.0270. The van der Waals surface area contributed by atoms with Gasteiger partial charge in [0.15, 0.2) is 11.9 Å². The Morgan fingerprint density at radius 2 is 2.19 bits per heavy atom. The fraction of sp³-hybridized carbons (Fsp3) is 0.200. The number of nitrogens with two attached hydrogens (primary N) is 1. The van der Waals surface area contributed by atoms with Crippen LogP contribution in [0.25, 0.3) is 0 Å². The summed E-state index contributed by atoms with van der Waals surface area (Å²) in [5, 5.41) is 15.1. The first-order chi connectivity index (χ1) is 7.70. The molecule has 2 rings (SSSR count). The Kier molecular flexibility index (Phi) is 2.72. The molecule has 0 radical (unpaired) electrons. The molecule has 0 saturated heterocycles. The normalized spacial score (nSPS) is 20.4. The number of hydrogen-bond donors (Lipinski definition) is 2. The quantitative estimate of drug-likeness (QED) is 0.340. The monoisotopic (exact) mass is 223 g/mol. The summed E-state index contributed by atoms with van der Waals surface area (Å²) < 4.78 is 12.7. The zero-order valence-electron chi connectivity index (χ0n) is 8.30. The summed E-state index contributed by atoms with van der Waals surface area (Å²) in [5.41, 5.74) is 6.79. The minimum atomic E-state index is -0.551. The van der Waals surface area contributed by atoms with Crippen molar-refractivity contribution in [2.24, 2.45) is 16.0 Å². The molecule has 1 atom stereocenters. The number of halogens is 1. The van der Waals surface area contributed by atoms with Crippen molar-refractivity contribution in [3.63, 3.8) is 0 Å². The molecule has 0 aliphatic carbocycles. The molecular weight excluding hydrogens is 213 g/mol.